The van der Waals surface area contributed by atoms with Crippen LogP contribution in [0, 0.1) is 18.3 Å². The third kappa shape index (κ3) is 4.71. The van der Waals surface area contributed by atoms with Crippen molar-refractivity contribution in [3.63, 3.8) is 0 Å². The lowest BCUT2D eigenvalue weighted by molar-refractivity contribution is -0.122. The summed E-state index contributed by atoms with van der Waals surface area (Å²) in [4.78, 5) is 23.6. The minimum Gasteiger partial charge on any atom is -0.353 e. The quantitative estimate of drug-likeness (QED) is 0.210. The first-order valence-corrected chi connectivity index (χ1v) is 14.5. The van der Waals surface area contributed by atoms with E-state index in [4.69, 9.17) is 4.98 Å². The summed E-state index contributed by atoms with van der Waals surface area (Å²) in [5.41, 5.74) is 9.07. The molecule has 40 heavy (non-hydrogen) atoms. The van der Waals surface area contributed by atoms with Gasteiger partial charge in [-0.2, -0.15) is 5.10 Å². The number of amides is 1. The molecule has 1 fully saturated rings. The van der Waals surface area contributed by atoms with Gasteiger partial charge in [-0.1, -0.05) is 44.6 Å². The summed E-state index contributed by atoms with van der Waals surface area (Å²) in [6, 6.07) is 15.1. The third-order valence-corrected chi connectivity index (χ3v) is 8.50. The molecule has 4 aromatic heterocycles. The number of nitrogens with zero attached hydrogens (tertiary/aromatic N) is 2. The molecule has 1 amide bonds. The zero-order chi connectivity index (χ0) is 27.6. The highest BCUT2D eigenvalue weighted by atomic mass is 32.1. The topological polar surface area (TPSA) is 86.5 Å². The van der Waals surface area contributed by atoms with Crippen molar-refractivity contribution >= 4 is 44.8 Å². The Labute approximate surface area is 236 Å². The van der Waals surface area contributed by atoms with Gasteiger partial charge in [0.1, 0.15) is 0 Å². The number of rotatable bonds is 5. The number of carbonyl (C=O) groups is 1. The number of thiophene rings is 1. The molecule has 3 N–H and O–H groups in total. The minimum atomic E-state index is -0.0674. The smallest absolute Gasteiger partial charge is 0.224 e. The largest absolute Gasteiger partial charge is 0.353 e. The van der Waals surface area contributed by atoms with E-state index in [1.54, 1.807) is 0 Å². The number of allylic oxidation sites excluding steroid dienone is 5. The third-order valence-electron chi connectivity index (χ3n) is 7.46. The first-order chi connectivity index (χ1) is 19.2. The highest BCUT2D eigenvalue weighted by Gasteiger charge is 2.30. The molecular weight excluding hydrogens is 514 g/mol. The number of hydrogen-bond acceptors (Lipinski definition) is 4. The van der Waals surface area contributed by atoms with E-state index in [9.17, 15) is 4.79 Å². The monoisotopic (exact) mass is 545 g/mol. The Morgan fingerprint density at radius 3 is 2.80 bits per heavy atom. The number of hydrogen-bond donors (Lipinski definition) is 3. The molecule has 1 saturated carbocycles. The zero-order valence-corrected chi connectivity index (χ0v) is 23.9. The first-order valence-electron chi connectivity index (χ1n) is 13.7. The van der Waals surface area contributed by atoms with Crippen LogP contribution in [-0.2, 0) is 4.79 Å². The summed E-state index contributed by atoms with van der Waals surface area (Å²) in [6.45, 7) is 8.37. The van der Waals surface area contributed by atoms with Crippen molar-refractivity contribution in [2.75, 3.05) is 0 Å². The van der Waals surface area contributed by atoms with Gasteiger partial charge in [0.25, 0.3) is 0 Å². The number of aryl methyl sites for hydroxylation is 1. The molecule has 7 rings (SSSR count). The molecule has 0 saturated heterocycles. The number of benzene rings is 1. The lowest BCUT2D eigenvalue weighted by Gasteiger charge is -2.17. The van der Waals surface area contributed by atoms with E-state index in [0.29, 0.717) is 18.0 Å². The van der Waals surface area contributed by atoms with Crippen LogP contribution < -0.4 is 5.32 Å². The van der Waals surface area contributed by atoms with E-state index in [1.165, 1.54) is 26.3 Å². The van der Waals surface area contributed by atoms with Crippen LogP contribution in [0.4, 0.5) is 0 Å². The van der Waals surface area contributed by atoms with Crippen LogP contribution in [0.25, 0.3) is 49.3 Å². The number of aromatic nitrogens is 4. The highest BCUT2D eigenvalue weighted by molar-refractivity contribution is 7.15. The van der Waals surface area contributed by atoms with E-state index < -0.39 is 0 Å². The average molecular weight is 546 g/mol. The van der Waals surface area contributed by atoms with E-state index >= 15 is 0 Å². The molecule has 0 spiro atoms. The second-order valence-electron chi connectivity index (χ2n) is 12.1. The Balaban J connectivity index is 1.26. The number of H-pyrrole nitrogens is 2. The van der Waals surface area contributed by atoms with E-state index in [0.717, 1.165) is 45.5 Å². The molecule has 0 bridgehead atoms. The fourth-order valence-corrected chi connectivity index (χ4v) is 6.39. The van der Waals surface area contributed by atoms with Crippen LogP contribution in [-0.4, -0.2) is 26.1 Å². The summed E-state index contributed by atoms with van der Waals surface area (Å²) in [5, 5.41) is 13.0. The second-order valence-corrected chi connectivity index (χ2v) is 13.4. The molecular formula is C33H31N5OS. The van der Waals surface area contributed by atoms with E-state index in [1.807, 2.05) is 17.5 Å². The summed E-state index contributed by atoms with van der Waals surface area (Å²) in [5.74, 6) is 0.450. The highest BCUT2D eigenvalue weighted by Crippen LogP contribution is 2.44. The SMILES string of the molecule is Cc1ccc(-c2cccc3[nH]c(-c4[nH]nc5ncc(C6=CC7CC7=CC(NC(=O)CC(C)(C)C)=C6)cc45)cc23)s1. The van der Waals surface area contributed by atoms with Gasteiger partial charge in [0.2, 0.25) is 5.91 Å². The lowest BCUT2D eigenvalue weighted by atomic mass is 9.92. The van der Waals surface area contributed by atoms with Gasteiger partial charge in [0, 0.05) is 61.4 Å². The van der Waals surface area contributed by atoms with Crippen LogP contribution in [0.3, 0.4) is 0 Å². The maximum absolute atomic E-state index is 12.7. The Kier molecular flexibility index (Phi) is 5.68. The standard InChI is InChI=1S/C33H31N5OS/c1-18-8-9-29(40-18)24-6-5-7-27-25(24)15-28(36-27)31-26-14-22(17-34-32(26)38-37-31)21-11-19-10-20(19)12-23(13-21)35-30(39)16-33(2,3)4/h5-9,11-15,17,19,36H,10,16H2,1-4H3,(H,35,39)(H,34,37,38). The van der Waals surface area contributed by atoms with E-state index in [2.05, 4.69) is 109 Å². The van der Waals surface area contributed by atoms with Crippen LogP contribution in [0.1, 0.15) is 44.1 Å². The van der Waals surface area contributed by atoms with Gasteiger partial charge >= 0.3 is 0 Å². The Hall–Kier alpha value is -4.23. The van der Waals surface area contributed by atoms with Crippen molar-refractivity contribution < 1.29 is 4.79 Å². The number of fused-ring (bicyclic) bond motifs is 3. The minimum absolute atomic E-state index is 0.0376. The number of carbonyl (C=O) groups excluding carboxylic acids is 1. The van der Waals surface area contributed by atoms with Crippen LogP contribution in [0.5, 0.6) is 0 Å². The molecule has 1 atom stereocenters. The van der Waals surface area contributed by atoms with Crippen molar-refractivity contribution in [2.24, 2.45) is 11.3 Å². The molecule has 0 aliphatic heterocycles. The van der Waals surface area contributed by atoms with Gasteiger partial charge in [-0.15, -0.1) is 11.3 Å². The number of aromatic amines is 2. The Morgan fingerprint density at radius 1 is 1.12 bits per heavy atom. The first kappa shape index (κ1) is 24.8. The summed E-state index contributed by atoms with van der Waals surface area (Å²) in [7, 11) is 0. The molecule has 2 aliphatic rings. The fraction of sp³-hybridized carbons (Fsp3) is 0.242. The number of pyridine rings is 1. The van der Waals surface area contributed by atoms with Crippen molar-refractivity contribution in [3.8, 4) is 21.8 Å². The normalized spacial score (nSPS) is 16.8. The Morgan fingerprint density at radius 2 is 2.00 bits per heavy atom. The lowest BCUT2D eigenvalue weighted by Crippen LogP contribution is -2.26. The van der Waals surface area contributed by atoms with E-state index in [-0.39, 0.29) is 11.3 Å². The molecule has 4 heterocycles. The molecule has 1 aromatic carbocycles. The summed E-state index contributed by atoms with van der Waals surface area (Å²) < 4.78 is 0. The molecule has 1 unspecified atom stereocenters. The Bertz CT molecular complexity index is 1910. The van der Waals surface area contributed by atoms with Gasteiger partial charge in [-0.3, -0.25) is 9.89 Å². The maximum atomic E-state index is 12.7. The predicted octanol–water partition coefficient (Wildman–Crippen LogP) is 7.92. The van der Waals surface area contributed by atoms with Crippen LogP contribution in [0.15, 0.2) is 78.2 Å². The summed E-state index contributed by atoms with van der Waals surface area (Å²) in [6.07, 6.45) is 9.86. The van der Waals surface area contributed by atoms with Gasteiger partial charge in [-0.25, -0.2) is 4.98 Å². The van der Waals surface area contributed by atoms with Crippen LogP contribution in [0.2, 0.25) is 0 Å². The fourth-order valence-electron chi connectivity index (χ4n) is 5.49. The molecule has 0 radical (unpaired) electrons. The number of nitrogens with one attached hydrogen (secondary N) is 3. The molecule has 6 nitrogen and oxygen atoms in total. The van der Waals surface area contributed by atoms with Crippen molar-refractivity contribution in [2.45, 2.75) is 40.5 Å². The van der Waals surface area contributed by atoms with Crippen molar-refractivity contribution in [3.05, 3.63) is 88.6 Å². The zero-order valence-electron chi connectivity index (χ0n) is 23.1. The van der Waals surface area contributed by atoms with Gasteiger partial charge < -0.3 is 10.3 Å². The average Bonchev–Trinajstić information content (AvgIpc) is 3.21. The molecule has 7 heteroatoms. The molecule has 2 aliphatic carbocycles. The van der Waals surface area contributed by atoms with Gasteiger partial charge in [0.05, 0.1) is 11.4 Å². The van der Waals surface area contributed by atoms with Crippen molar-refractivity contribution in [1.82, 2.24) is 25.5 Å². The van der Waals surface area contributed by atoms with Gasteiger partial charge in [-0.05, 0) is 66.8 Å². The molecule has 200 valence electrons. The summed E-state index contributed by atoms with van der Waals surface area (Å²) >= 11 is 1.81. The molecule has 5 aromatic rings. The van der Waals surface area contributed by atoms with Crippen LogP contribution >= 0.6 is 11.3 Å². The predicted molar refractivity (Wildman–Crippen MR) is 164 cm³/mol. The second kappa shape index (κ2) is 9.17. The maximum Gasteiger partial charge on any atom is 0.224 e. The van der Waals surface area contributed by atoms with Gasteiger partial charge in [0.15, 0.2) is 5.65 Å². The van der Waals surface area contributed by atoms with Crippen molar-refractivity contribution in [1.29, 1.82) is 0 Å².